The number of methoxy groups -OCH3 is 1. The summed E-state index contributed by atoms with van der Waals surface area (Å²) < 4.78 is 11.2. The first-order chi connectivity index (χ1) is 11.2. The van der Waals surface area contributed by atoms with Gasteiger partial charge >= 0.3 is 0 Å². The lowest BCUT2D eigenvalue weighted by atomic mass is 10.0. The SMILES string of the molecule is COc1cccc([C@@H]2C[C@H](O)CN2Cc2ncc(C3CC3)o2)c1. The molecule has 5 heteroatoms. The first kappa shape index (κ1) is 14.7. The van der Waals surface area contributed by atoms with Crippen LogP contribution in [0.4, 0.5) is 0 Å². The van der Waals surface area contributed by atoms with Crippen LogP contribution < -0.4 is 4.74 Å². The van der Waals surface area contributed by atoms with Gasteiger partial charge in [-0.05, 0) is 37.0 Å². The van der Waals surface area contributed by atoms with Crippen LogP contribution in [0.2, 0.25) is 0 Å². The van der Waals surface area contributed by atoms with Crippen LogP contribution in [0, 0.1) is 0 Å². The van der Waals surface area contributed by atoms with E-state index >= 15 is 0 Å². The Labute approximate surface area is 135 Å². The van der Waals surface area contributed by atoms with Crippen LogP contribution in [-0.2, 0) is 6.54 Å². The lowest BCUT2D eigenvalue weighted by molar-refractivity contribution is 0.166. The van der Waals surface area contributed by atoms with Crippen LogP contribution in [0.1, 0.15) is 48.4 Å². The van der Waals surface area contributed by atoms with E-state index in [0.717, 1.165) is 29.4 Å². The molecular weight excluding hydrogens is 292 g/mol. The Hall–Kier alpha value is -1.85. The number of nitrogens with zero attached hydrogens (tertiary/aromatic N) is 2. The molecular formula is C18H22N2O3. The van der Waals surface area contributed by atoms with E-state index < -0.39 is 0 Å². The highest BCUT2D eigenvalue weighted by molar-refractivity contribution is 5.31. The summed E-state index contributed by atoms with van der Waals surface area (Å²) in [6.07, 6.45) is 4.69. The van der Waals surface area contributed by atoms with E-state index in [1.807, 2.05) is 24.4 Å². The van der Waals surface area contributed by atoms with Crippen LogP contribution in [-0.4, -0.2) is 34.7 Å². The highest BCUT2D eigenvalue weighted by Gasteiger charge is 2.34. The summed E-state index contributed by atoms with van der Waals surface area (Å²) in [7, 11) is 1.67. The number of aromatic nitrogens is 1. The first-order valence-electron chi connectivity index (χ1n) is 8.23. The second-order valence-electron chi connectivity index (χ2n) is 6.54. The molecule has 0 radical (unpaired) electrons. The number of oxazole rings is 1. The Morgan fingerprint density at radius 3 is 3.04 bits per heavy atom. The summed E-state index contributed by atoms with van der Waals surface area (Å²) in [6, 6.07) is 8.23. The van der Waals surface area contributed by atoms with Crippen LogP contribution in [0.25, 0.3) is 0 Å². The molecule has 1 aliphatic heterocycles. The van der Waals surface area contributed by atoms with Crippen molar-refractivity contribution >= 4 is 0 Å². The van der Waals surface area contributed by atoms with Gasteiger partial charge in [0.2, 0.25) is 5.89 Å². The second kappa shape index (κ2) is 5.98. The maximum atomic E-state index is 10.1. The van der Waals surface area contributed by atoms with Gasteiger partial charge in [0.25, 0.3) is 0 Å². The van der Waals surface area contributed by atoms with Gasteiger partial charge in [0.1, 0.15) is 11.5 Å². The number of aliphatic hydroxyl groups is 1. The zero-order chi connectivity index (χ0) is 15.8. The molecule has 2 atom stereocenters. The monoisotopic (exact) mass is 314 g/mol. The number of rotatable bonds is 5. The molecule has 0 amide bonds. The standard InChI is InChI=1S/C18H22N2O3/c1-22-15-4-2-3-13(7-15)16-8-14(21)10-20(16)11-18-19-9-17(23-18)12-5-6-12/h2-4,7,9,12,14,16,21H,5-6,8,10-11H2,1H3/t14-,16-/m0/s1. The molecule has 1 aromatic heterocycles. The highest BCUT2D eigenvalue weighted by atomic mass is 16.5. The average molecular weight is 314 g/mol. The fourth-order valence-corrected chi connectivity index (χ4v) is 3.38. The molecule has 5 nitrogen and oxygen atoms in total. The molecule has 1 saturated carbocycles. The van der Waals surface area contributed by atoms with Crippen LogP contribution in [0.5, 0.6) is 5.75 Å². The van der Waals surface area contributed by atoms with E-state index in [0.29, 0.717) is 19.0 Å². The molecule has 2 fully saturated rings. The van der Waals surface area contributed by atoms with E-state index in [-0.39, 0.29) is 12.1 Å². The third-order valence-corrected chi connectivity index (χ3v) is 4.75. The van der Waals surface area contributed by atoms with E-state index in [4.69, 9.17) is 9.15 Å². The lowest BCUT2D eigenvalue weighted by Gasteiger charge is -2.23. The third-order valence-electron chi connectivity index (χ3n) is 4.75. The normalized spacial score (nSPS) is 25.0. The van der Waals surface area contributed by atoms with Gasteiger partial charge in [-0.25, -0.2) is 4.98 Å². The Morgan fingerprint density at radius 2 is 2.26 bits per heavy atom. The second-order valence-corrected chi connectivity index (χ2v) is 6.54. The number of β-amino-alcohol motifs (C(OH)–C–C–N with tert-alkyl or cyclic N) is 1. The van der Waals surface area contributed by atoms with Gasteiger partial charge in [-0.2, -0.15) is 0 Å². The Balaban J connectivity index is 1.52. The number of likely N-dealkylation sites (tertiary alicyclic amines) is 1. The van der Waals surface area contributed by atoms with Crippen molar-refractivity contribution in [3.05, 3.63) is 47.7 Å². The van der Waals surface area contributed by atoms with E-state index in [9.17, 15) is 5.11 Å². The third kappa shape index (κ3) is 3.12. The number of aliphatic hydroxyl groups excluding tert-OH is 1. The summed E-state index contributed by atoms with van der Waals surface area (Å²) >= 11 is 0. The highest BCUT2D eigenvalue weighted by Crippen LogP contribution is 2.41. The van der Waals surface area contributed by atoms with Gasteiger partial charge in [0, 0.05) is 18.5 Å². The van der Waals surface area contributed by atoms with E-state index in [2.05, 4.69) is 16.0 Å². The quantitative estimate of drug-likeness (QED) is 0.919. The molecule has 1 aliphatic carbocycles. The summed E-state index contributed by atoms with van der Waals surface area (Å²) in [5.74, 6) is 3.18. The summed E-state index contributed by atoms with van der Waals surface area (Å²) in [5.41, 5.74) is 1.16. The Morgan fingerprint density at radius 1 is 1.39 bits per heavy atom. The predicted octanol–water partition coefficient (Wildman–Crippen LogP) is 2.87. The molecule has 2 aromatic rings. The number of ether oxygens (including phenoxy) is 1. The zero-order valence-electron chi connectivity index (χ0n) is 13.3. The molecule has 2 aliphatic rings. The molecule has 122 valence electrons. The van der Waals surface area contributed by atoms with Crippen LogP contribution in [0.3, 0.4) is 0 Å². The molecule has 4 rings (SSSR count). The van der Waals surface area contributed by atoms with E-state index in [1.54, 1.807) is 7.11 Å². The number of hydrogen-bond donors (Lipinski definition) is 1. The Kier molecular flexibility index (Phi) is 3.83. The zero-order valence-corrected chi connectivity index (χ0v) is 13.3. The molecule has 2 heterocycles. The lowest BCUT2D eigenvalue weighted by Crippen LogP contribution is -2.24. The maximum absolute atomic E-state index is 10.1. The predicted molar refractivity (Wildman–Crippen MR) is 85.2 cm³/mol. The van der Waals surface area contributed by atoms with Crippen molar-refractivity contribution in [3.63, 3.8) is 0 Å². The van der Waals surface area contributed by atoms with Crippen LogP contribution in [0.15, 0.2) is 34.9 Å². The number of benzene rings is 1. The topological polar surface area (TPSA) is 58.7 Å². The number of hydrogen-bond acceptors (Lipinski definition) is 5. The molecule has 0 spiro atoms. The molecule has 1 N–H and O–H groups in total. The van der Waals surface area contributed by atoms with Crippen molar-refractivity contribution in [1.82, 2.24) is 9.88 Å². The smallest absolute Gasteiger partial charge is 0.208 e. The van der Waals surface area contributed by atoms with Crippen molar-refractivity contribution in [2.45, 2.75) is 43.9 Å². The minimum absolute atomic E-state index is 0.163. The fourth-order valence-electron chi connectivity index (χ4n) is 3.38. The van der Waals surface area contributed by atoms with Crippen molar-refractivity contribution < 1.29 is 14.3 Å². The van der Waals surface area contributed by atoms with Gasteiger partial charge in [0.15, 0.2) is 0 Å². The average Bonchev–Trinajstić information content (AvgIpc) is 3.21. The first-order valence-corrected chi connectivity index (χ1v) is 8.23. The Bertz CT molecular complexity index is 680. The minimum atomic E-state index is -0.316. The molecule has 1 saturated heterocycles. The molecule has 0 bridgehead atoms. The van der Waals surface area contributed by atoms with Crippen molar-refractivity contribution in [3.8, 4) is 5.75 Å². The maximum Gasteiger partial charge on any atom is 0.208 e. The van der Waals surface area contributed by atoms with Gasteiger partial charge in [-0.3, -0.25) is 4.90 Å². The summed E-state index contributed by atoms with van der Waals surface area (Å²) in [5, 5.41) is 10.1. The van der Waals surface area contributed by atoms with E-state index in [1.165, 1.54) is 12.8 Å². The van der Waals surface area contributed by atoms with Crippen LogP contribution >= 0.6 is 0 Å². The van der Waals surface area contributed by atoms with Gasteiger partial charge < -0.3 is 14.3 Å². The summed E-state index contributed by atoms with van der Waals surface area (Å²) in [4.78, 5) is 6.65. The minimum Gasteiger partial charge on any atom is -0.497 e. The summed E-state index contributed by atoms with van der Waals surface area (Å²) in [6.45, 7) is 1.27. The van der Waals surface area contributed by atoms with Gasteiger partial charge in [-0.1, -0.05) is 12.1 Å². The molecule has 1 aromatic carbocycles. The van der Waals surface area contributed by atoms with Gasteiger partial charge in [-0.15, -0.1) is 0 Å². The van der Waals surface area contributed by atoms with Crippen molar-refractivity contribution in [2.24, 2.45) is 0 Å². The van der Waals surface area contributed by atoms with Gasteiger partial charge in [0.05, 0.1) is 26.0 Å². The largest absolute Gasteiger partial charge is 0.497 e. The van der Waals surface area contributed by atoms with Crippen molar-refractivity contribution in [1.29, 1.82) is 0 Å². The fraction of sp³-hybridized carbons (Fsp3) is 0.500. The molecule has 0 unspecified atom stereocenters. The molecule has 23 heavy (non-hydrogen) atoms. The van der Waals surface area contributed by atoms with Crippen molar-refractivity contribution in [2.75, 3.05) is 13.7 Å².